The van der Waals surface area contributed by atoms with Gasteiger partial charge in [-0.1, -0.05) is 18.2 Å². The molecular weight excluding hydrogens is 252 g/mol. The largest absolute Gasteiger partial charge is 0.490 e. The molecule has 1 saturated heterocycles. The number of para-hydroxylation sites is 1. The van der Waals surface area contributed by atoms with Crippen LogP contribution in [0, 0.1) is 0 Å². The SMILES string of the molecule is NC1(C(=O)N2CCC(Oc3ccccc3)CC2)CCC1. The van der Waals surface area contributed by atoms with Gasteiger partial charge in [0.25, 0.3) is 0 Å². The molecule has 20 heavy (non-hydrogen) atoms. The van der Waals surface area contributed by atoms with E-state index in [1.54, 1.807) is 0 Å². The zero-order valence-electron chi connectivity index (χ0n) is 11.8. The quantitative estimate of drug-likeness (QED) is 0.916. The molecule has 1 aromatic rings. The van der Waals surface area contributed by atoms with Gasteiger partial charge in [0, 0.05) is 25.9 Å². The van der Waals surface area contributed by atoms with E-state index in [2.05, 4.69) is 0 Å². The molecule has 1 aliphatic heterocycles. The average molecular weight is 274 g/mol. The number of carbonyl (C=O) groups excluding carboxylic acids is 1. The summed E-state index contributed by atoms with van der Waals surface area (Å²) in [5.74, 6) is 1.05. The molecule has 4 heteroatoms. The summed E-state index contributed by atoms with van der Waals surface area (Å²) in [6.07, 6.45) is 4.73. The first kappa shape index (κ1) is 13.4. The second-order valence-electron chi connectivity index (χ2n) is 5.93. The third-order valence-electron chi connectivity index (χ3n) is 4.45. The Balaban J connectivity index is 1.51. The van der Waals surface area contributed by atoms with Crippen molar-refractivity contribution in [3.05, 3.63) is 30.3 Å². The van der Waals surface area contributed by atoms with Crippen molar-refractivity contribution in [1.29, 1.82) is 0 Å². The maximum atomic E-state index is 12.3. The number of nitrogens with zero attached hydrogens (tertiary/aromatic N) is 1. The molecule has 0 bridgehead atoms. The van der Waals surface area contributed by atoms with Crippen LogP contribution in [-0.2, 0) is 4.79 Å². The van der Waals surface area contributed by atoms with Crippen LogP contribution >= 0.6 is 0 Å². The lowest BCUT2D eigenvalue weighted by atomic mass is 9.76. The number of benzene rings is 1. The van der Waals surface area contributed by atoms with Gasteiger partial charge >= 0.3 is 0 Å². The Bertz CT molecular complexity index is 463. The van der Waals surface area contributed by atoms with Gasteiger partial charge in [0.1, 0.15) is 11.9 Å². The fraction of sp³-hybridized carbons (Fsp3) is 0.562. The maximum Gasteiger partial charge on any atom is 0.242 e. The van der Waals surface area contributed by atoms with Crippen molar-refractivity contribution in [2.75, 3.05) is 13.1 Å². The molecule has 2 N–H and O–H groups in total. The van der Waals surface area contributed by atoms with E-state index < -0.39 is 5.54 Å². The first-order chi connectivity index (χ1) is 9.67. The van der Waals surface area contributed by atoms with Gasteiger partial charge in [0.2, 0.25) is 5.91 Å². The number of rotatable bonds is 3. The van der Waals surface area contributed by atoms with E-state index in [1.165, 1.54) is 0 Å². The van der Waals surface area contributed by atoms with Crippen molar-refractivity contribution in [2.24, 2.45) is 5.73 Å². The summed E-state index contributed by atoms with van der Waals surface area (Å²) in [7, 11) is 0. The standard InChI is InChI=1S/C16H22N2O2/c17-16(9-4-10-16)15(19)18-11-7-14(8-12-18)20-13-5-2-1-3-6-13/h1-3,5-6,14H,4,7-12,17H2. The molecule has 0 spiro atoms. The summed E-state index contributed by atoms with van der Waals surface area (Å²) >= 11 is 0. The molecule has 1 heterocycles. The first-order valence-electron chi connectivity index (χ1n) is 7.47. The van der Waals surface area contributed by atoms with Crippen molar-refractivity contribution >= 4 is 5.91 Å². The van der Waals surface area contributed by atoms with Crippen LogP contribution in [0.4, 0.5) is 0 Å². The molecule has 0 atom stereocenters. The lowest BCUT2D eigenvalue weighted by Crippen LogP contribution is -2.61. The molecule has 4 nitrogen and oxygen atoms in total. The van der Waals surface area contributed by atoms with Crippen LogP contribution in [0.15, 0.2) is 30.3 Å². The van der Waals surface area contributed by atoms with Crippen molar-refractivity contribution in [3.8, 4) is 5.75 Å². The highest BCUT2D eigenvalue weighted by Crippen LogP contribution is 2.32. The van der Waals surface area contributed by atoms with E-state index >= 15 is 0 Å². The number of amides is 1. The summed E-state index contributed by atoms with van der Waals surface area (Å²) in [6, 6.07) is 9.88. The number of likely N-dealkylation sites (tertiary alicyclic amines) is 1. The van der Waals surface area contributed by atoms with Crippen LogP contribution in [0.2, 0.25) is 0 Å². The van der Waals surface area contributed by atoms with Gasteiger partial charge in [-0.25, -0.2) is 0 Å². The first-order valence-corrected chi connectivity index (χ1v) is 7.47. The van der Waals surface area contributed by atoms with Crippen LogP contribution in [0.5, 0.6) is 5.75 Å². The van der Waals surface area contributed by atoms with Crippen molar-refractivity contribution in [2.45, 2.75) is 43.7 Å². The van der Waals surface area contributed by atoms with Gasteiger partial charge in [-0.15, -0.1) is 0 Å². The summed E-state index contributed by atoms with van der Waals surface area (Å²) in [4.78, 5) is 14.2. The maximum absolute atomic E-state index is 12.3. The summed E-state index contributed by atoms with van der Waals surface area (Å²) in [5, 5.41) is 0. The number of nitrogens with two attached hydrogens (primary N) is 1. The van der Waals surface area contributed by atoms with Crippen molar-refractivity contribution in [3.63, 3.8) is 0 Å². The van der Waals surface area contributed by atoms with Crippen LogP contribution in [0.25, 0.3) is 0 Å². The van der Waals surface area contributed by atoms with Crippen LogP contribution < -0.4 is 10.5 Å². The predicted molar refractivity (Wildman–Crippen MR) is 77.4 cm³/mol. The molecule has 0 aromatic heterocycles. The van der Waals surface area contributed by atoms with Crippen molar-refractivity contribution in [1.82, 2.24) is 4.90 Å². The number of hydrogen-bond acceptors (Lipinski definition) is 3. The number of ether oxygens (including phenoxy) is 1. The Morgan fingerprint density at radius 1 is 1.20 bits per heavy atom. The molecule has 0 radical (unpaired) electrons. The third-order valence-corrected chi connectivity index (χ3v) is 4.45. The van der Waals surface area contributed by atoms with Crippen LogP contribution in [0.3, 0.4) is 0 Å². The highest BCUT2D eigenvalue weighted by Gasteiger charge is 2.43. The Kier molecular flexibility index (Phi) is 3.66. The van der Waals surface area contributed by atoms with Gasteiger partial charge in [-0.05, 0) is 31.4 Å². The van der Waals surface area contributed by atoms with Crippen LogP contribution in [0.1, 0.15) is 32.1 Å². The topological polar surface area (TPSA) is 55.6 Å². The minimum atomic E-state index is -0.562. The second kappa shape index (κ2) is 5.44. The molecule has 1 aromatic carbocycles. The zero-order valence-corrected chi connectivity index (χ0v) is 11.8. The lowest BCUT2D eigenvalue weighted by molar-refractivity contribution is -0.142. The Hall–Kier alpha value is -1.55. The second-order valence-corrected chi connectivity index (χ2v) is 5.93. The Labute approximate surface area is 119 Å². The normalized spacial score (nSPS) is 22.1. The highest BCUT2D eigenvalue weighted by atomic mass is 16.5. The van der Waals surface area contributed by atoms with E-state index in [0.29, 0.717) is 0 Å². The molecule has 3 rings (SSSR count). The summed E-state index contributed by atoms with van der Waals surface area (Å²) in [5.41, 5.74) is 5.55. The fourth-order valence-electron chi connectivity index (χ4n) is 2.95. The molecule has 1 aliphatic carbocycles. The van der Waals surface area contributed by atoms with Gasteiger partial charge in [-0.2, -0.15) is 0 Å². The van der Waals surface area contributed by atoms with Crippen molar-refractivity contribution < 1.29 is 9.53 Å². The van der Waals surface area contributed by atoms with E-state index in [0.717, 1.165) is 50.9 Å². The van der Waals surface area contributed by atoms with E-state index in [9.17, 15) is 4.79 Å². The molecule has 108 valence electrons. The van der Waals surface area contributed by atoms with E-state index in [4.69, 9.17) is 10.5 Å². The molecule has 0 unspecified atom stereocenters. The Morgan fingerprint density at radius 3 is 2.40 bits per heavy atom. The zero-order chi connectivity index (χ0) is 14.0. The average Bonchev–Trinajstić information content (AvgIpc) is 2.46. The molecule has 1 amide bonds. The predicted octanol–water partition coefficient (Wildman–Crippen LogP) is 1.94. The molecule has 2 fully saturated rings. The summed E-state index contributed by atoms with van der Waals surface area (Å²) < 4.78 is 5.94. The molecular formula is C16H22N2O2. The highest BCUT2D eigenvalue weighted by molar-refractivity contribution is 5.87. The number of piperidine rings is 1. The van der Waals surface area contributed by atoms with Gasteiger partial charge in [-0.3, -0.25) is 4.79 Å². The minimum Gasteiger partial charge on any atom is -0.490 e. The lowest BCUT2D eigenvalue weighted by Gasteiger charge is -2.42. The monoisotopic (exact) mass is 274 g/mol. The molecule has 1 saturated carbocycles. The van der Waals surface area contributed by atoms with E-state index in [-0.39, 0.29) is 12.0 Å². The van der Waals surface area contributed by atoms with E-state index in [1.807, 2.05) is 35.2 Å². The van der Waals surface area contributed by atoms with Gasteiger partial charge < -0.3 is 15.4 Å². The minimum absolute atomic E-state index is 0.141. The van der Waals surface area contributed by atoms with Gasteiger partial charge in [0.05, 0.1) is 5.54 Å². The smallest absolute Gasteiger partial charge is 0.242 e. The number of hydrogen-bond donors (Lipinski definition) is 1. The van der Waals surface area contributed by atoms with Gasteiger partial charge in [0.15, 0.2) is 0 Å². The molecule has 2 aliphatic rings. The number of carbonyl (C=O) groups is 1. The Morgan fingerprint density at radius 2 is 1.85 bits per heavy atom. The van der Waals surface area contributed by atoms with Crippen LogP contribution in [-0.4, -0.2) is 35.5 Å². The third kappa shape index (κ3) is 2.66. The fourth-order valence-corrected chi connectivity index (χ4v) is 2.95. The summed E-state index contributed by atoms with van der Waals surface area (Å²) in [6.45, 7) is 1.52.